The molecular formula is C18H21F3N8O2S. The van der Waals surface area contributed by atoms with E-state index in [1.807, 2.05) is 30.3 Å². The van der Waals surface area contributed by atoms with Crippen LogP contribution < -0.4 is 10.2 Å². The van der Waals surface area contributed by atoms with E-state index >= 15 is 0 Å². The van der Waals surface area contributed by atoms with Gasteiger partial charge in [-0.3, -0.25) is 0 Å². The Hall–Kier alpha value is -3.26. The van der Waals surface area contributed by atoms with Crippen LogP contribution in [0, 0.1) is 0 Å². The van der Waals surface area contributed by atoms with Crippen molar-refractivity contribution in [2.45, 2.75) is 12.7 Å². The zero-order valence-corrected chi connectivity index (χ0v) is 17.8. The van der Waals surface area contributed by atoms with Crippen LogP contribution in [0.3, 0.4) is 0 Å². The lowest BCUT2D eigenvalue weighted by Crippen LogP contribution is -2.44. The number of halogens is 3. The molecule has 172 valence electrons. The molecule has 2 aromatic heterocycles. The van der Waals surface area contributed by atoms with E-state index in [0.717, 1.165) is 42.7 Å². The molecule has 32 heavy (non-hydrogen) atoms. The molecule has 0 saturated carbocycles. The molecule has 1 aromatic carbocycles. The molecule has 4 rings (SSSR count). The number of benzene rings is 1. The first-order chi connectivity index (χ1) is 15.2. The summed E-state index contributed by atoms with van der Waals surface area (Å²) in [6, 6.07) is 9.86. The standard InChI is InChI=1S/C16H20N8S.C2HF3O2/c1-22-7-9-23(10-8-22)16-19-15(21-25-16)17-11-13-12-18-24(20-13)14-5-3-2-4-6-14;3-2(4,5)1(6)7/h2-6,12H,7-11H2,1H3,(H,17,21);(H,6,7). The third kappa shape index (κ3) is 6.62. The van der Waals surface area contributed by atoms with Crippen LogP contribution in [0.4, 0.5) is 24.3 Å². The molecule has 0 aliphatic carbocycles. The molecule has 1 aliphatic rings. The average molecular weight is 470 g/mol. The fourth-order valence-electron chi connectivity index (χ4n) is 2.64. The Morgan fingerprint density at radius 3 is 2.47 bits per heavy atom. The number of nitrogens with one attached hydrogen (secondary N) is 1. The Bertz CT molecular complexity index is 1000. The number of aromatic nitrogens is 5. The van der Waals surface area contributed by atoms with E-state index < -0.39 is 12.1 Å². The number of anilines is 2. The number of carbonyl (C=O) groups is 1. The molecule has 10 nitrogen and oxygen atoms in total. The van der Waals surface area contributed by atoms with Gasteiger partial charge in [0.2, 0.25) is 11.1 Å². The van der Waals surface area contributed by atoms with Gasteiger partial charge in [-0.1, -0.05) is 18.2 Å². The lowest BCUT2D eigenvalue weighted by atomic mass is 10.3. The molecule has 0 amide bonds. The predicted molar refractivity (Wildman–Crippen MR) is 112 cm³/mol. The van der Waals surface area contributed by atoms with Crippen LogP contribution >= 0.6 is 11.5 Å². The van der Waals surface area contributed by atoms with E-state index in [2.05, 4.69) is 41.7 Å². The first kappa shape index (κ1) is 23.4. The Kier molecular flexibility index (Phi) is 7.58. The van der Waals surface area contributed by atoms with Gasteiger partial charge in [-0.05, 0) is 19.2 Å². The molecule has 3 heterocycles. The highest BCUT2D eigenvalue weighted by molar-refractivity contribution is 7.09. The quantitative estimate of drug-likeness (QED) is 0.579. The topological polar surface area (TPSA) is 112 Å². The van der Waals surface area contributed by atoms with Gasteiger partial charge in [0.05, 0.1) is 18.4 Å². The van der Waals surface area contributed by atoms with Crippen molar-refractivity contribution in [3.05, 3.63) is 42.2 Å². The maximum Gasteiger partial charge on any atom is 0.490 e. The second kappa shape index (κ2) is 10.4. The SMILES string of the molecule is CN1CCN(c2nc(NCc3cnn(-c4ccccc4)n3)ns2)CC1.O=C(O)C(F)(F)F. The number of likely N-dealkylation sites (N-methyl/N-ethyl adjacent to an activating group) is 1. The van der Waals surface area contributed by atoms with E-state index in [4.69, 9.17) is 9.90 Å². The maximum atomic E-state index is 10.6. The third-order valence-corrected chi connectivity index (χ3v) is 5.16. The first-order valence-corrected chi connectivity index (χ1v) is 10.3. The lowest BCUT2D eigenvalue weighted by Gasteiger charge is -2.31. The number of hydrogen-bond acceptors (Lipinski definition) is 9. The Labute approximate surface area is 185 Å². The van der Waals surface area contributed by atoms with Crippen LogP contribution in [-0.2, 0) is 11.3 Å². The minimum Gasteiger partial charge on any atom is -0.475 e. The fraction of sp³-hybridized carbons (Fsp3) is 0.389. The Morgan fingerprint density at radius 2 is 1.84 bits per heavy atom. The normalized spacial score (nSPS) is 14.6. The Balaban J connectivity index is 0.000000360. The average Bonchev–Trinajstić information content (AvgIpc) is 3.43. The number of carboxylic acids is 1. The summed E-state index contributed by atoms with van der Waals surface area (Å²) in [4.78, 5) is 19.7. The van der Waals surface area contributed by atoms with E-state index in [9.17, 15) is 13.2 Å². The summed E-state index contributed by atoms with van der Waals surface area (Å²) in [6.07, 6.45) is -3.33. The van der Waals surface area contributed by atoms with E-state index in [0.29, 0.717) is 12.5 Å². The monoisotopic (exact) mass is 470 g/mol. The molecule has 2 N–H and O–H groups in total. The Morgan fingerprint density at radius 1 is 1.19 bits per heavy atom. The highest BCUT2D eigenvalue weighted by Crippen LogP contribution is 2.21. The van der Waals surface area contributed by atoms with Crippen LogP contribution in [0.1, 0.15) is 5.69 Å². The fourth-order valence-corrected chi connectivity index (χ4v) is 3.34. The summed E-state index contributed by atoms with van der Waals surface area (Å²) in [5.74, 6) is -2.11. The summed E-state index contributed by atoms with van der Waals surface area (Å²) in [7, 11) is 2.15. The molecule has 1 fully saturated rings. The van der Waals surface area contributed by atoms with Gasteiger partial charge in [-0.2, -0.15) is 37.5 Å². The van der Waals surface area contributed by atoms with Gasteiger partial charge in [-0.15, -0.1) is 0 Å². The molecule has 14 heteroatoms. The minimum atomic E-state index is -5.08. The number of rotatable bonds is 5. The van der Waals surface area contributed by atoms with Gasteiger partial charge in [0, 0.05) is 37.7 Å². The van der Waals surface area contributed by atoms with E-state index in [-0.39, 0.29) is 0 Å². The van der Waals surface area contributed by atoms with E-state index in [1.165, 1.54) is 11.5 Å². The number of piperazine rings is 1. The van der Waals surface area contributed by atoms with Crippen LogP contribution in [0.25, 0.3) is 5.69 Å². The molecule has 1 aliphatic heterocycles. The smallest absolute Gasteiger partial charge is 0.475 e. The summed E-state index contributed by atoms with van der Waals surface area (Å²) >= 11 is 1.44. The number of para-hydroxylation sites is 1. The van der Waals surface area contributed by atoms with Gasteiger partial charge in [-0.25, -0.2) is 4.79 Å². The molecule has 0 spiro atoms. The van der Waals surface area contributed by atoms with Gasteiger partial charge < -0.3 is 20.2 Å². The van der Waals surface area contributed by atoms with Crippen LogP contribution in [-0.4, -0.2) is 79.7 Å². The van der Waals surface area contributed by atoms with Crippen molar-refractivity contribution >= 4 is 28.6 Å². The third-order valence-electron chi connectivity index (χ3n) is 4.39. The molecule has 3 aromatic rings. The van der Waals surface area contributed by atoms with E-state index in [1.54, 1.807) is 11.0 Å². The largest absolute Gasteiger partial charge is 0.490 e. The maximum absolute atomic E-state index is 10.6. The van der Waals surface area contributed by atoms with Gasteiger partial charge in [0.1, 0.15) is 5.69 Å². The van der Waals surface area contributed by atoms with Crippen molar-refractivity contribution in [1.82, 2.24) is 29.3 Å². The summed E-state index contributed by atoms with van der Waals surface area (Å²) < 4.78 is 36.1. The summed E-state index contributed by atoms with van der Waals surface area (Å²) in [6.45, 7) is 4.66. The van der Waals surface area contributed by atoms with Crippen molar-refractivity contribution < 1.29 is 23.1 Å². The van der Waals surface area contributed by atoms with Crippen molar-refractivity contribution in [3.8, 4) is 5.69 Å². The number of alkyl halides is 3. The summed E-state index contributed by atoms with van der Waals surface area (Å²) in [5, 5.41) is 20.1. The van der Waals surface area contributed by atoms with Gasteiger partial charge >= 0.3 is 12.1 Å². The summed E-state index contributed by atoms with van der Waals surface area (Å²) in [5.41, 5.74) is 1.79. The highest BCUT2D eigenvalue weighted by atomic mass is 32.1. The second-order valence-corrected chi connectivity index (χ2v) is 7.54. The molecule has 1 saturated heterocycles. The highest BCUT2D eigenvalue weighted by Gasteiger charge is 2.38. The predicted octanol–water partition coefficient (Wildman–Crippen LogP) is 2.12. The van der Waals surface area contributed by atoms with Crippen LogP contribution in [0.2, 0.25) is 0 Å². The number of hydrogen-bond donors (Lipinski definition) is 2. The van der Waals surface area contributed by atoms with Crippen LogP contribution in [0.5, 0.6) is 0 Å². The zero-order valence-electron chi connectivity index (χ0n) is 17.0. The number of nitrogens with zero attached hydrogens (tertiary/aromatic N) is 7. The zero-order chi connectivity index (χ0) is 23.1. The molecule has 0 atom stereocenters. The minimum absolute atomic E-state index is 0.547. The van der Waals surface area contributed by atoms with Crippen molar-refractivity contribution in [2.24, 2.45) is 0 Å². The first-order valence-electron chi connectivity index (χ1n) is 9.50. The number of aliphatic carboxylic acids is 1. The lowest BCUT2D eigenvalue weighted by molar-refractivity contribution is -0.192. The van der Waals surface area contributed by atoms with Crippen molar-refractivity contribution in [3.63, 3.8) is 0 Å². The number of carboxylic acid groups (broad SMARTS) is 1. The van der Waals surface area contributed by atoms with Crippen LogP contribution in [0.15, 0.2) is 36.5 Å². The second-order valence-electron chi connectivity index (χ2n) is 6.81. The van der Waals surface area contributed by atoms with Crippen molar-refractivity contribution in [1.29, 1.82) is 0 Å². The van der Waals surface area contributed by atoms with Crippen molar-refractivity contribution in [2.75, 3.05) is 43.4 Å². The van der Waals surface area contributed by atoms with Gasteiger partial charge in [0.25, 0.3) is 0 Å². The molecule has 0 radical (unpaired) electrons. The molecule has 0 bridgehead atoms. The molecule has 0 unspecified atom stereocenters. The van der Waals surface area contributed by atoms with Gasteiger partial charge in [0.15, 0.2) is 0 Å². The molecular weight excluding hydrogens is 449 g/mol.